The molecule has 1 aromatic heterocycles. The molecule has 1 unspecified atom stereocenters. The Bertz CT molecular complexity index is 551. The van der Waals surface area contributed by atoms with E-state index in [-0.39, 0.29) is 11.9 Å². The Labute approximate surface area is 104 Å². The van der Waals surface area contributed by atoms with Crippen LogP contribution in [0.15, 0.2) is 24.3 Å². The van der Waals surface area contributed by atoms with Crippen LogP contribution in [0.1, 0.15) is 24.2 Å². The molecular formula is C12H13ClFN3. The van der Waals surface area contributed by atoms with Crippen molar-refractivity contribution in [2.24, 2.45) is 0 Å². The highest BCUT2D eigenvalue weighted by molar-refractivity contribution is 6.31. The van der Waals surface area contributed by atoms with Crippen molar-refractivity contribution in [3.8, 4) is 0 Å². The number of hydrogen-bond donors (Lipinski definition) is 1. The number of anilines is 1. The monoisotopic (exact) mass is 253 g/mol. The number of nitrogens with zero attached hydrogens (tertiary/aromatic N) is 2. The Balaban J connectivity index is 2.43. The Morgan fingerprint density at radius 3 is 2.65 bits per heavy atom. The molecule has 1 aromatic carbocycles. The number of hydrogen-bond acceptors (Lipinski definition) is 2. The summed E-state index contributed by atoms with van der Waals surface area (Å²) in [6.07, 6.45) is 0. The molecule has 2 rings (SSSR count). The molecule has 0 amide bonds. The van der Waals surface area contributed by atoms with Crippen LogP contribution >= 0.6 is 11.6 Å². The van der Waals surface area contributed by atoms with Crippen molar-refractivity contribution in [2.45, 2.75) is 19.9 Å². The van der Waals surface area contributed by atoms with Gasteiger partial charge in [0.05, 0.1) is 11.7 Å². The summed E-state index contributed by atoms with van der Waals surface area (Å²) in [4.78, 5) is 0. The molecule has 0 saturated carbocycles. The molecule has 0 bridgehead atoms. The van der Waals surface area contributed by atoms with Crippen molar-refractivity contribution in [3.63, 3.8) is 0 Å². The molecule has 1 heterocycles. The van der Waals surface area contributed by atoms with E-state index in [1.165, 1.54) is 12.1 Å². The van der Waals surface area contributed by atoms with Gasteiger partial charge in [0, 0.05) is 11.1 Å². The van der Waals surface area contributed by atoms with E-state index in [9.17, 15) is 4.39 Å². The smallest absolute Gasteiger partial charge is 0.124 e. The number of nitrogens with two attached hydrogens (primary N) is 1. The lowest BCUT2D eigenvalue weighted by Crippen LogP contribution is -2.12. The number of rotatable bonds is 2. The van der Waals surface area contributed by atoms with Gasteiger partial charge in [0.1, 0.15) is 11.6 Å². The highest BCUT2D eigenvalue weighted by Gasteiger charge is 2.15. The summed E-state index contributed by atoms with van der Waals surface area (Å²) in [5.41, 5.74) is 7.48. The summed E-state index contributed by atoms with van der Waals surface area (Å²) in [6, 6.07) is 5.98. The van der Waals surface area contributed by atoms with Crippen LogP contribution < -0.4 is 5.73 Å². The van der Waals surface area contributed by atoms with Crippen LogP contribution in [0, 0.1) is 12.7 Å². The first-order valence-corrected chi connectivity index (χ1v) is 5.63. The van der Waals surface area contributed by atoms with Gasteiger partial charge in [-0.3, -0.25) is 0 Å². The van der Waals surface area contributed by atoms with Gasteiger partial charge in [-0.1, -0.05) is 17.7 Å². The van der Waals surface area contributed by atoms with E-state index >= 15 is 0 Å². The zero-order valence-electron chi connectivity index (χ0n) is 9.61. The molecule has 0 aliphatic carbocycles. The predicted octanol–water partition coefficient (Wildman–Crippen LogP) is 3.18. The molecule has 0 aliphatic rings. The molecule has 2 aromatic rings. The van der Waals surface area contributed by atoms with E-state index < -0.39 is 0 Å². The van der Waals surface area contributed by atoms with E-state index in [0.717, 1.165) is 11.3 Å². The van der Waals surface area contributed by atoms with E-state index in [2.05, 4.69) is 5.10 Å². The van der Waals surface area contributed by atoms with Crippen molar-refractivity contribution < 1.29 is 4.39 Å². The fourth-order valence-corrected chi connectivity index (χ4v) is 2.14. The van der Waals surface area contributed by atoms with E-state index in [0.29, 0.717) is 10.8 Å². The predicted molar refractivity (Wildman–Crippen MR) is 66.6 cm³/mol. The average Bonchev–Trinajstić information content (AvgIpc) is 2.57. The minimum absolute atomic E-state index is 0.128. The number of nitrogen functional groups attached to an aromatic ring is 1. The van der Waals surface area contributed by atoms with Gasteiger partial charge in [-0.2, -0.15) is 5.10 Å². The van der Waals surface area contributed by atoms with Gasteiger partial charge in [-0.15, -0.1) is 0 Å². The van der Waals surface area contributed by atoms with Crippen LogP contribution in [0.4, 0.5) is 10.2 Å². The van der Waals surface area contributed by atoms with E-state index in [1.54, 1.807) is 16.8 Å². The summed E-state index contributed by atoms with van der Waals surface area (Å²) < 4.78 is 14.6. The van der Waals surface area contributed by atoms with Gasteiger partial charge in [-0.25, -0.2) is 9.07 Å². The second-order valence-corrected chi connectivity index (χ2v) is 4.40. The molecule has 0 aliphatic heterocycles. The summed E-state index contributed by atoms with van der Waals surface area (Å²) in [5, 5.41) is 4.67. The molecule has 3 nitrogen and oxygen atoms in total. The molecule has 2 N–H and O–H groups in total. The topological polar surface area (TPSA) is 43.8 Å². The van der Waals surface area contributed by atoms with Crippen molar-refractivity contribution in [1.29, 1.82) is 0 Å². The van der Waals surface area contributed by atoms with Crippen molar-refractivity contribution in [2.75, 3.05) is 5.73 Å². The van der Waals surface area contributed by atoms with E-state index in [4.69, 9.17) is 17.3 Å². The van der Waals surface area contributed by atoms with Gasteiger partial charge in [0.25, 0.3) is 0 Å². The van der Waals surface area contributed by atoms with Crippen LogP contribution in [0.3, 0.4) is 0 Å². The van der Waals surface area contributed by atoms with Crippen molar-refractivity contribution >= 4 is 17.4 Å². The number of aromatic nitrogens is 2. The summed E-state index contributed by atoms with van der Waals surface area (Å²) in [6.45, 7) is 3.79. The van der Waals surface area contributed by atoms with Gasteiger partial charge >= 0.3 is 0 Å². The zero-order valence-corrected chi connectivity index (χ0v) is 10.4. The Kier molecular flexibility index (Phi) is 3.07. The second kappa shape index (κ2) is 4.37. The Morgan fingerprint density at radius 2 is 2.12 bits per heavy atom. The van der Waals surface area contributed by atoms with Crippen molar-refractivity contribution in [3.05, 3.63) is 46.4 Å². The summed E-state index contributed by atoms with van der Waals surface area (Å²) in [5.74, 6) is 0.214. The Hall–Kier alpha value is -1.55. The molecule has 90 valence electrons. The molecule has 0 spiro atoms. The minimum Gasteiger partial charge on any atom is -0.384 e. The lowest BCUT2D eigenvalue weighted by atomic mass is 10.1. The minimum atomic E-state index is -0.351. The molecule has 0 radical (unpaired) electrons. The molecule has 1 atom stereocenters. The number of aryl methyl sites for hydroxylation is 1. The third-order valence-corrected chi connectivity index (χ3v) is 2.99. The SMILES string of the molecule is Cc1cc(N)n(C(C)c2ccc(F)cc2Cl)n1. The average molecular weight is 254 g/mol. The third-order valence-electron chi connectivity index (χ3n) is 2.67. The standard InChI is InChI=1S/C12H13ClFN3/c1-7-5-12(15)17(16-7)8(2)10-4-3-9(14)6-11(10)13/h3-6,8H,15H2,1-2H3. The normalized spacial score (nSPS) is 12.7. The number of halogens is 2. The fourth-order valence-electron chi connectivity index (χ4n) is 1.82. The lowest BCUT2D eigenvalue weighted by molar-refractivity contribution is 0.566. The van der Waals surface area contributed by atoms with E-state index in [1.807, 2.05) is 13.8 Å². The highest BCUT2D eigenvalue weighted by atomic mass is 35.5. The quantitative estimate of drug-likeness (QED) is 0.893. The summed E-state index contributed by atoms with van der Waals surface area (Å²) >= 11 is 6.01. The van der Waals surface area contributed by atoms with Gasteiger partial charge in [-0.05, 0) is 31.5 Å². The molecule has 5 heteroatoms. The first-order valence-electron chi connectivity index (χ1n) is 5.25. The number of benzene rings is 1. The third kappa shape index (κ3) is 2.26. The Morgan fingerprint density at radius 1 is 1.41 bits per heavy atom. The van der Waals surface area contributed by atoms with Crippen LogP contribution in [-0.2, 0) is 0 Å². The maximum Gasteiger partial charge on any atom is 0.124 e. The highest BCUT2D eigenvalue weighted by Crippen LogP contribution is 2.27. The first-order chi connectivity index (χ1) is 7.99. The zero-order chi connectivity index (χ0) is 12.6. The molecular weight excluding hydrogens is 241 g/mol. The van der Waals surface area contributed by atoms with Gasteiger partial charge < -0.3 is 5.73 Å². The largest absolute Gasteiger partial charge is 0.384 e. The van der Waals surface area contributed by atoms with Crippen LogP contribution in [0.25, 0.3) is 0 Å². The van der Waals surface area contributed by atoms with Gasteiger partial charge in [0.2, 0.25) is 0 Å². The maximum atomic E-state index is 13.0. The van der Waals surface area contributed by atoms with Crippen LogP contribution in [-0.4, -0.2) is 9.78 Å². The lowest BCUT2D eigenvalue weighted by Gasteiger charge is -2.15. The second-order valence-electron chi connectivity index (χ2n) is 4.00. The first kappa shape index (κ1) is 11.9. The maximum absolute atomic E-state index is 13.0. The molecule has 0 saturated heterocycles. The fraction of sp³-hybridized carbons (Fsp3) is 0.250. The molecule has 0 fully saturated rings. The summed E-state index contributed by atoms with van der Waals surface area (Å²) in [7, 11) is 0. The van der Waals surface area contributed by atoms with Gasteiger partial charge in [0.15, 0.2) is 0 Å². The van der Waals surface area contributed by atoms with Crippen LogP contribution in [0.5, 0.6) is 0 Å². The molecule has 17 heavy (non-hydrogen) atoms. The van der Waals surface area contributed by atoms with Crippen LogP contribution in [0.2, 0.25) is 5.02 Å². The van der Waals surface area contributed by atoms with Crippen molar-refractivity contribution in [1.82, 2.24) is 9.78 Å².